The molecule has 1 aromatic carbocycles. The molecule has 0 radical (unpaired) electrons. The monoisotopic (exact) mass is 213 g/mol. The fourth-order valence-electron chi connectivity index (χ4n) is 1.24. The number of hydrogen-bond donors (Lipinski definition) is 3. The lowest BCUT2D eigenvalue weighted by atomic mass is 10.1. The molecular weight excluding hydrogens is 201 g/mol. The van der Waals surface area contributed by atoms with E-state index >= 15 is 0 Å². The molecule has 1 aromatic rings. The first kappa shape index (κ1) is 11.6. The van der Waals surface area contributed by atoms with Crippen LogP contribution in [0, 0.1) is 5.82 Å². The second kappa shape index (κ2) is 5.43. The van der Waals surface area contributed by atoms with Gasteiger partial charge >= 0.3 is 5.97 Å². The maximum Gasteiger partial charge on any atom is 0.321 e. The minimum absolute atomic E-state index is 0.00255. The molecule has 0 aromatic heterocycles. The Morgan fingerprint density at radius 3 is 2.67 bits per heavy atom. The smallest absolute Gasteiger partial charge is 0.321 e. The number of hydrogen-bond acceptors (Lipinski definition) is 3. The van der Waals surface area contributed by atoms with Crippen LogP contribution in [0.4, 0.5) is 4.39 Å². The van der Waals surface area contributed by atoms with Gasteiger partial charge in [0.1, 0.15) is 11.9 Å². The van der Waals surface area contributed by atoms with E-state index in [1.54, 1.807) is 6.07 Å². The lowest BCUT2D eigenvalue weighted by Gasteiger charge is -2.12. The van der Waals surface area contributed by atoms with Gasteiger partial charge in [0.25, 0.3) is 0 Å². The van der Waals surface area contributed by atoms with Gasteiger partial charge in [-0.3, -0.25) is 10.1 Å². The Balaban J connectivity index is 2.74. The van der Waals surface area contributed by atoms with Crippen LogP contribution in [-0.4, -0.2) is 29.0 Å². The summed E-state index contributed by atoms with van der Waals surface area (Å²) in [6.07, 6.45) is 0.00255. The Morgan fingerprint density at radius 1 is 1.47 bits per heavy atom. The minimum Gasteiger partial charge on any atom is -0.480 e. The van der Waals surface area contributed by atoms with Crippen LogP contribution in [-0.2, 0) is 11.2 Å². The summed E-state index contributed by atoms with van der Waals surface area (Å²) >= 11 is 0. The molecule has 0 spiro atoms. The van der Waals surface area contributed by atoms with E-state index in [1.807, 2.05) is 0 Å². The SMILES string of the molecule is O=C(O)C(Cc1ccccc1F)NCO. The van der Waals surface area contributed by atoms with Crippen molar-refractivity contribution in [3.63, 3.8) is 0 Å². The fraction of sp³-hybridized carbons (Fsp3) is 0.300. The maximum absolute atomic E-state index is 13.2. The van der Waals surface area contributed by atoms with Crippen molar-refractivity contribution in [3.8, 4) is 0 Å². The van der Waals surface area contributed by atoms with E-state index in [0.717, 1.165) is 0 Å². The van der Waals surface area contributed by atoms with Crippen LogP contribution < -0.4 is 5.32 Å². The van der Waals surface area contributed by atoms with Crippen molar-refractivity contribution in [1.29, 1.82) is 0 Å². The normalized spacial score (nSPS) is 12.4. The summed E-state index contributed by atoms with van der Waals surface area (Å²) in [6, 6.07) is 4.98. The Morgan fingerprint density at radius 2 is 2.13 bits per heavy atom. The first-order chi connectivity index (χ1) is 7.15. The highest BCUT2D eigenvalue weighted by molar-refractivity contribution is 5.73. The molecule has 1 rings (SSSR count). The predicted octanol–water partition coefficient (Wildman–Crippen LogP) is 0.361. The zero-order valence-electron chi connectivity index (χ0n) is 7.98. The van der Waals surface area contributed by atoms with Crippen LogP contribution in [0.5, 0.6) is 0 Å². The van der Waals surface area contributed by atoms with Gasteiger partial charge in [0.15, 0.2) is 0 Å². The van der Waals surface area contributed by atoms with Gasteiger partial charge < -0.3 is 10.2 Å². The van der Waals surface area contributed by atoms with Crippen LogP contribution in [0.15, 0.2) is 24.3 Å². The Bertz CT molecular complexity index is 343. The van der Waals surface area contributed by atoms with E-state index in [4.69, 9.17) is 10.2 Å². The molecule has 0 saturated carbocycles. The van der Waals surface area contributed by atoms with Gasteiger partial charge in [0, 0.05) is 6.42 Å². The number of halogens is 1. The highest BCUT2D eigenvalue weighted by Gasteiger charge is 2.18. The van der Waals surface area contributed by atoms with Crippen molar-refractivity contribution >= 4 is 5.97 Å². The highest BCUT2D eigenvalue weighted by atomic mass is 19.1. The molecule has 0 bridgehead atoms. The van der Waals surface area contributed by atoms with E-state index < -0.39 is 24.6 Å². The molecule has 0 amide bonds. The highest BCUT2D eigenvalue weighted by Crippen LogP contribution is 2.09. The molecule has 3 N–H and O–H groups in total. The van der Waals surface area contributed by atoms with Crippen LogP contribution in [0.1, 0.15) is 5.56 Å². The van der Waals surface area contributed by atoms with Crippen molar-refractivity contribution in [2.75, 3.05) is 6.73 Å². The molecule has 15 heavy (non-hydrogen) atoms. The lowest BCUT2D eigenvalue weighted by Crippen LogP contribution is -2.39. The maximum atomic E-state index is 13.2. The summed E-state index contributed by atoms with van der Waals surface area (Å²) < 4.78 is 13.2. The number of carboxylic acid groups (broad SMARTS) is 1. The summed E-state index contributed by atoms with van der Waals surface area (Å²) in [6.45, 7) is -0.453. The van der Waals surface area contributed by atoms with Crippen molar-refractivity contribution in [2.45, 2.75) is 12.5 Å². The van der Waals surface area contributed by atoms with Crippen LogP contribution >= 0.6 is 0 Å². The first-order valence-corrected chi connectivity index (χ1v) is 4.45. The third-order valence-electron chi connectivity index (χ3n) is 2.02. The number of carboxylic acids is 1. The number of benzene rings is 1. The number of aliphatic hydroxyl groups excluding tert-OH is 1. The Kier molecular flexibility index (Phi) is 4.20. The molecule has 1 unspecified atom stereocenters. The van der Waals surface area contributed by atoms with Gasteiger partial charge in [-0.1, -0.05) is 18.2 Å². The topological polar surface area (TPSA) is 69.6 Å². The Hall–Kier alpha value is -1.46. The standard InChI is InChI=1S/C10H12FNO3/c11-8-4-2-1-3-7(8)5-9(10(14)15)12-6-13/h1-4,9,12-13H,5-6H2,(H,14,15). The van der Waals surface area contributed by atoms with Gasteiger partial charge in [-0.05, 0) is 11.6 Å². The fourth-order valence-corrected chi connectivity index (χ4v) is 1.24. The molecule has 5 heteroatoms. The summed E-state index contributed by atoms with van der Waals surface area (Å²) in [4.78, 5) is 10.7. The van der Waals surface area contributed by atoms with Crippen LogP contribution in [0.25, 0.3) is 0 Å². The molecule has 82 valence electrons. The van der Waals surface area contributed by atoms with Crippen molar-refractivity contribution in [1.82, 2.24) is 5.32 Å². The summed E-state index contributed by atoms with van der Waals surface area (Å²) in [5.74, 6) is -1.56. The van der Waals surface area contributed by atoms with Gasteiger partial charge in [-0.2, -0.15) is 0 Å². The number of carbonyl (C=O) groups is 1. The van der Waals surface area contributed by atoms with E-state index in [1.165, 1.54) is 18.2 Å². The molecule has 0 saturated heterocycles. The summed E-state index contributed by atoms with van der Waals surface area (Å²) in [5, 5.41) is 19.7. The molecular formula is C10H12FNO3. The van der Waals surface area contributed by atoms with Gasteiger partial charge in [-0.15, -0.1) is 0 Å². The van der Waals surface area contributed by atoms with Crippen molar-refractivity contribution in [3.05, 3.63) is 35.6 Å². The third-order valence-corrected chi connectivity index (χ3v) is 2.02. The van der Waals surface area contributed by atoms with Crippen molar-refractivity contribution in [2.24, 2.45) is 0 Å². The second-order valence-corrected chi connectivity index (χ2v) is 3.05. The van der Waals surface area contributed by atoms with E-state index in [0.29, 0.717) is 5.56 Å². The Labute approximate surface area is 86.4 Å². The zero-order valence-corrected chi connectivity index (χ0v) is 7.98. The number of nitrogens with one attached hydrogen (secondary N) is 1. The predicted molar refractivity (Wildman–Crippen MR) is 51.7 cm³/mol. The lowest BCUT2D eigenvalue weighted by molar-refractivity contribution is -0.139. The third kappa shape index (κ3) is 3.30. The van der Waals surface area contributed by atoms with Gasteiger partial charge in [-0.25, -0.2) is 4.39 Å². The van der Waals surface area contributed by atoms with E-state index in [9.17, 15) is 9.18 Å². The van der Waals surface area contributed by atoms with Crippen LogP contribution in [0.3, 0.4) is 0 Å². The van der Waals surface area contributed by atoms with Gasteiger partial charge in [0.05, 0.1) is 6.73 Å². The number of aliphatic hydroxyl groups is 1. The van der Waals surface area contributed by atoms with E-state index in [2.05, 4.69) is 5.32 Å². The molecule has 1 atom stereocenters. The van der Waals surface area contributed by atoms with Gasteiger partial charge in [0.2, 0.25) is 0 Å². The van der Waals surface area contributed by atoms with E-state index in [-0.39, 0.29) is 6.42 Å². The molecule has 0 aliphatic carbocycles. The molecule has 0 aliphatic heterocycles. The first-order valence-electron chi connectivity index (χ1n) is 4.45. The van der Waals surface area contributed by atoms with Crippen molar-refractivity contribution < 1.29 is 19.4 Å². The summed E-state index contributed by atoms with van der Waals surface area (Å²) in [7, 11) is 0. The van der Waals surface area contributed by atoms with Crippen LogP contribution in [0.2, 0.25) is 0 Å². The largest absolute Gasteiger partial charge is 0.480 e. The summed E-state index contributed by atoms with van der Waals surface area (Å²) in [5.41, 5.74) is 0.311. The average molecular weight is 213 g/mol. The molecule has 0 heterocycles. The second-order valence-electron chi connectivity index (χ2n) is 3.05. The average Bonchev–Trinajstić information content (AvgIpc) is 2.20. The quantitative estimate of drug-likeness (QED) is 0.618. The number of aliphatic carboxylic acids is 1. The minimum atomic E-state index is -1.12. The molecule has 0 aliphatic rings. The number of rotatable bonds is 5. The molecule has 4 nitrogen and oxygen atoms in total. The molecule has 0 fully saturated rings. The zero-order chi connectivity index (χ0) is 11.3.